The average Bonchev–Trinajstić information content (AvgIpc) is 2.54. The van der Waals surface area contributed by atoms with E-state index in [1.807, 2.05) is 18.2 Å². The van der Waals surface area contributed by atoms with Crippen LogP contribution in [0.1, 0.15) is 37.4 Å². The van der Waals surface area contributed by atoms with Crippen molar-refractivity contribution in [1.29, 1.82) is 0 Å². The maximum Gasteiger partial charge on any atom is 0.242 e. The second kappa shape index (κ2) is 7.22. The molecule has 1 fully saturated rings. The van der Waals surface area contributed by atoms with Crippen LogP contribution in [0.25, 0.3) is 0 Å². The summed E-state index contributed by atoms with van der Waals surface area (Å²) in [5.41, 5.74) is 0.722. The number of aliphatic hydroxyl groups excluding tert-OH is 1. The van der Waals surface area contributed by atoms with Crippen molar-refractivity contribution < 1.29 is 14.7 Å². The molecule has 2 amide bonds. The van der Waals surface area contributed by atoms with Crippen molar-refractivity contribution in [2.75, 3.05) is 13.6 Å². The smallest absolute Gasteiger partial charge is 0.242 e. The number of rotatable bonds is 4. The van der Waals surface area contributed by atoms with Crippen LogP contribution in [-0.2, 0) is 9.59 Å². The van der Waals surface area contributed by atoms with Crippen LogP contribution < -0.4 is 5.32 Å². The fraction of sp³-hybridized carbons (Fsp3) is 0.500. The lowest BCUT2D eigenvalue weighted by molar-refractivity contribution is -0.143. The number of likely N-dealkylation sites (tertiary alicyclic amines) is 1. The fourth-order valence-corrected chi connectivity index (χ4v) is 2.74. The topological polar surface area (TPSA) is 69.6 Å². The standard InChI is InChI=1S/C16H22N2O3/c1-17-16(21)13-9-5-6-10-18(13)15(20)11-14(19)12-7-3-2-4-8-12/h2-4,7-8,13-14,19H,5-6,9-11H2,1H3,(H,17,21). The summed E-state index contributed by atoms with van der Waals surface area (Å²) in [5.74, 6) is -0.295. The molecule has 1 heterocycles. The van der Waals surface area contributed by atoms with Crippen LogP contribution in [0, 0.1) is 0 Å². The molecular weight excluding hydrogens is 268 g/mol. The molecular formula is C16H22N2O3. The summed E-state index contributed by atoms with van der Waals surface area (Å²) in [6.45, 7) is 0.582. The molecule has 1 saturated heterocycles. The number of aliphatic hydroxyl groups is 1. The van der Waals surface area contributed by atoms with Crippen molar-refractivity contribution in [2.45, 2.75) is 37.8 Å². The molecule has 2 atom stereocenters. The minimum Gasteiger partial charge on any atom is -0.388 e. The molecule has 5 heteroatoms. The number of benzene rings is 1. The Labute approximate surface area is 125 Å². The lowest BCUT2D eigenvalue weighted by Gasteiger charge is -2.35. The van der Waals surface area contributed by atoms with Crippen LogP contribution in [0.15, 0.2) is 30.3 Å². The first-order valence-electron chi connectivity index (χ1n) is 7.37. The molecule has 1 aliphatic heterocycles. The monoisotopic (exact) mass is 290 g/mol. The lowest BCUT2D eigenvalue weighted by atomic mass is 9.99. The van der Waals surface area contributed by atoms with E-state index in [9.17, 15) is 14.7 Å². The van der Waals surface area contributed by atoms with Gasteiger partial charge in [0.05, 0.1) is 12.5 Å². The van der Waals surface area contributed by atoms with Crippen LogP contribution in [0.5, 0.6) is 0 Å². The van der Waals surface area contributed by atoms with Gasteiger partial charge in [-0.25, -0.2) is 0 Å². The summed E-state index contributed by atoms with van der Waals surface area (Å²) >= 11 is 0. The quantitative estimate of drug-likeness (QED) is 0.876. The van der Waals surface area contributed by atoms with Crippen LogP contribution in [0.2, 0.25) is 0 Å². The zero-order chi connectivity index (χ0) is 15.2. The predicted molar refractivity (Wildman–Crippen MR) is 79.4 cm³/mol. The Morgan fingerprint density at radius 1 is 1.33 bits per heavy atom. The Kier molecular flexibility index (Phi) is 5.33. The number of nitrogens with one attached hydrogen (secondary N) is 1. The van der Waals surface area contributed by atoms with Gasteiger partial charge in [0.1, 0.15) is 6.04 Å². The van der Waals surface area contributed by atoms with E-state index in [1.54, 1.807) is 24.1 Å². The van der Waals surface area contributed by atoms with Gasteiger partial charge in [0, 0.05) is 13.6 Å². The summed E-state index contributed by atoms with van der Waals surface area (Å²) in [4.78, 5) is 25.9. The van der Waals surface area contributed by atoms with E-state index in [4.69, 9.17) is 0 Å². The van der Waals surface area contributed by atoms with Gasteiger partial charge in [0.25, 0.3) is 0 Å². The molecule has 0 saturated carbocycles. The first-order valence-corrected chi connectivity index (χ1v) is 7.37. The van der Waals surface area contributed by atoms with Gasteiger partial charge in [-0.3, -0.25) is 9.59 Å². The van der Waals surface area contributed by atoms with Crippen molar-refractivity contribution in [3.05, 3.63) is 35.9 Å². The van der Waals surface area contributed by atoms with Crippen LogP contribution in [0.4, 0.5) is 0 Å². The highest BCUT2D eigenvalue weighted by molar-refractivity contribution is 5.87. The van der Waals surface area contributed by atoms with Crippen molar-refractivity contribution in [3.8, 4) is 0 Å². The van der Waals surface area contributed by atoms with E-state index in [-0.39, 0.29) is 18.2 Å². The highest BCUT2D eigenvalue weighted by Gasteiger charge is 2.32. The van der Waals surface area contributed by atoms with Gasteiger partial charge >= 0.3 is 0 Å². The normalized spacial score (nSPS) is 19.9. The fourth-order valence-electron chi connectivity index (χ4n) is 2.74. The molecule has 0 aliphatic carbocycles. The predicted octanol–water partition coefficient (Wildman–Crippen LogP) is 1.24. The number of carbonyl (C=O) groups is 2. The first kappa shape index (κ1) is 15.5. The number of likely N-dealkylation sites (N-methyl/N-ethyl adjacent to an activating group) is 1. The third-order valence-electron chi connectivity index (χ3n) is 3.92. The Balaban J connectivity index is 2.02. The number of carbonyl (C=O) groups excluding carboxylic acids is 2. The second-order valence-electron chi connectivity index (χ2n) is 5.34. The van der Waals surface area contributed by atoms with Gasteiger partial charge in [-0.05, 0) is 24.8 Å². The SMILES string of the molecule is CNC(=O)C1CCCCN1C(=O)CC(O)c1ccccc1. The summed E-state index contributed by atoms with van der Waals surface area (Å²) in [5, 5.41) is 12.8. The Bertz CT molecular complexity index is 490. The molecule has 2 rings (SSSR count). The average molecular weight is 290 g/mol. The van der Waals surface area contributed by atoms with Crippen LogP contribution >= 0.6 is 0 Å². The zero-order valence-corrected chi connectivity index (χ0v) is 12.3. The summed E-state index contributed by atoms with van der Waals surface area (Å²) in [6.07, 6.45) is 1.72. The molecule has 2 N–H and O–H groups in total. The summed E-state index contributed by atoms with van der Waals surface area (Å²) in [6, 6.07) is 8.72. The maximum atomic E-state index is 12.4. The third kappa shape index (κ3) is 3.82. The molecule has 1 aromatic carbocycles. The van der Waals surface area contributed by atoms with E-state index in [0.29, 0.717) is 13.0 Å². The van der Waals surface area contributed by atoms with Crippen LogP contribution in [0.3, 0.4) is 0 Å². The molecule has 21 heavy (non-hydrogen) atoms. The summed E-state index contributed by atoms with van der Waals surface area (Å²) in [7, 11) is 1.58. The molecule has 2 unspecified atom stereocenters. The van der Waals surface area contributed by atoms with Gasteiger partial charge in [-0.2, -0.15) is 0 Å². The Morgan fingerprint density at radius 2 is 2.05 bits per heavy atom. The molecule has 0 spiro atoms. The molecule has 5 nitrogen and oxygen atoms in total. The number of hydrogen-bond donors (Lipinski definition) is 2. The molecule has 0 bridgehead atoms. The van der Waals surface area contributed by atoms with Crippen molar-refractivity contribution >= 4 is 11.8 Å². The Hall–Kier alpha value is -1.88. The Morgan fingerprint density at radius 3 is 2.71 bits per heavy atom. The van der Waals surface area contributed by atoms with E-state index in [0.717, 1.165) is 18.4 Å². The molecule has 0 radical (unpaired) electrons. The second-order valence-corrected chi connectivity index (χ2v) is 5.34. The van der Waals surface area contributed by atoms with Gasteiger partial charge in [0.15, 0.2) is 0 Å². The highest BCUT2D eigenvalue weighted by atomic mass is 16.3. The third-order valence-corrected chi connectivity index (χ3v) is 3.92. The lowest BCUT2D eigenvalue weighted by Crippen LogP contribution is -2.51. The van der Waals surface area contributed by atoms with Gasteiger partial charge in [-0.15, -0.1) is 0 Å². The maximum absolute atomic E-state index is 12.4. The largest absolute Gasteiger partial charge is 0.388 e. The van der Waals surface area contributed by atoms with E-state index >= 15 is 0 Å². The molecule has 1 aliphatic rings. The molecule has 0 aromatic heterocycles. The van der Waals surface area contributed by atoms with Gasteiger partial charge in [-0.1, -0.05) is 30.3 Å². The van der Waals surface area contributed by atoms with E-state index < -0.39 is 12.1 Å². The first-order chi connectivity index (χ1) is 10.1. The van der Waals surface area contributed by atoms with Crippen molar-refractivity contribution in [2.24, 2.45) is 0 Å². The molecule has 114 valence electrons. The van der Waals surface area contributed by atoms with E-state index in [2.05, 4.69) is 5.32 Å². The van der Waals surface area contributed by atoms with Crippen molar-refractivity contribution in [3.63, 3.8) is 0 Å². The number of amides is 2. The minimum absolute atomic E-state index is 0.0114. The summed E-state index contributed by atoms with van der Waals surface area (Å²) < 4.78 is 0. The number of piperidine rings is 1. The highest BCUT2D eigenvalue weighted by Crippen LogP contribution is 2.22. The van der Waals surface area contributed by atoms with Crippen LogP contribution in [-0.4, -0.2) is 41.5 Å². The minimum atomic E-state index is -0.828. The zero-order valence-electron chi connectivity index (χ0n) is 12.3. The van der Waals surface area contributed by atoms with Crippen molar-refractivity contribution in [1.82, 2.24) is 10.2 Å². The number of hydrogen-bond acceptors (Lipinski definition) is 3. The number of nitrogens with zero attached hydrogens (tertiary/aromatic N) is 1. The van der Waals surface area contributed by atoms with Gasteiger partial charge in [0.2, 0.25) is 11.8 Å². The van der Waals surface area contributed by atoms with E-state index in [1.165, 1.54) is 0 Å². The van der Waals surface area contributed by atoms with Gasteiger partial charge < -0.3 is 15.3 Å². The molecule has 1 aromatic rings.